The number of nitrogens with one attached hydrogen (secondary N) is 2. The van der Waals surface area contributed by atoms with E-state index in [4.69, 9.17) is 4.74 Å². The van der Waals surface area contributed by atoms with Crippen LogP contribution in [0.1, 0.15) is 26.3 Å². The lowest BCUT2D eigenvalue weighted by molar-refractivity contribution is 0.101. The Morgan fingerprint density at radius 2 is 1.57 bits per heavy atom. The molecule has 1 heterocycles. The first kappa shape index (κ1) is 19.6. The van der Waals surface area contributed by atoms with E-state index in [1.807, 2.05) is 31.2 Å². The molecule has 0 aliphatic carbocycles. The highest BCUT2D eigenvalue weighted by molar-refractivity contribution is 7.22. The Morgan fingerprint density at radius 3 is 2.27 bits per heavy atom. The zero-order chi connectivity index (χ0) is 21.1. The minimum atomic E-state index is -0.235. The van der Waals surface area contributed by atoms with Crippen LogP contribution in [-0.4, -0.2) is 23.9 Å². The summed E-state index contributed by atoms with van der Waals surface area (Å²) in [5.74, 6) is 0.0724. The van der Waals surface area contributed by atoms with Crippen LogP contribution in [0.2, 0.25) is 0 Å². The molecule has 0 saturated heterocycles. The van der Waals surface area contributed by atoms with Gasteiger partial charge >= 0.3 is 0 Å². The lowest BCUT2D eigenvalue weighted by Gasteiger charge is -2.08. The summed E-state index contributed by atoms with van der Waals surface area (Å²) < 4.78 is 6.24. The molecule has 4 aromatic rings. The molecule has 0 radical (unpaired) electrons. The summed E-state index contributed by atoms with van der Waals surface area (Å²) in [5.41, 5.74) is 3.42. The van der Waals surface area contributed by atoms with Crippen LogP contribution in [0.5, 0.6) is 5.75 Å². The number of rotatable bonds is 5. The van der Waals surface area contributed by atoms with Gasteiger partial charge in [-0.1, -0.05) is 47.2 Å². The molecule has 30 heavy (non-hydrogen) atoms. The number of thiazole rings is 1. The van der Waals surface area contributed by atoms with Crippen molar-refractivity contribution in [2.75, 3.05) is 17.7 Å². The van der Waals surface area contributed by atoms with Gasteiger partial charge in [0.1, 0.15) is 11.3 Å². The molecule has 0 saturated carbocycles. The molecule has 0 fully saturated rings. The van der Waals surface area contributed by atoms with Crippen molar-refractivity contribution in [1.29, 1.82) is 0 Å². The molecule has 0 aliphatic rings. The molecule has 150 valence electrons. The molecule has 3 aromatic carbocycles. The van der Waals surface area contributed by atoms with Gasteiger partial charge in [-0.05, 0) is 37.3 Å². The maximum Gasteiger partial charge on any atom is 0.257 e. The van der Waals surface area contributed by atoms with Gasteiger partial charge in [-0.3, -0.25) is 14.9 Å². The fourth-order valence-electron chi connectivity index (χ4n) is 2.95. The summed E-state index contributed by atoms with van der Waals surface area (Å²) in [6.07, 6.45) is 0. The monoisotopic (exact) mass is 417 g/mol. The van der Waals surface area contributed by atoms with Crippen LogP contribution < -0.4 is 15.4 Å². The molecule has 6 nitrogen and oxygen atoms in total. The molecule has 2 N–H and O–H groups in total. The third-order valence-corrected chi connectivity index (χ3v) is 5.43. The van der Waals surface area contributed by atoms with E-state index >= 15 is 0 Å². The fraction of sp³-hybridized carbons (Fsp3) is 0.0870. The van der Waals surface area contributed by atoms with Crippen molar-refractivity contribution in [3.05, 3.63) is 83.4 Å². The Morgan fingerprint density at radius 1 is 0.900 bits per heavy atom. The number of hydrogen-bond donors (Lipinski definition) is 2. The standard InChI is InChI=1S/C23H19N3O3S/c1-14-8-10-16(11-9-14)21(27)24-17-12-18(29-2)20-19(13-17)30-23(25-20)26-22(28)15-6-4-3-5-7-15/h3-13H,1-2H3,(H,24,27)(H,25,26,28). The number of anilines is 2. The van der Waals surface area contributed by atoms with Gasteiger partial charge in [0.15, 0.2) is 5.13 Å². The van der Waals surface area contributed by atoms with Crippen LogP contribution in [-0.2, 0) is 0 Å². The van der Waals surface area contributed by atoms with Gasteiger partial charge in [-0.15, -0.1) is 0 Å². The van der Waals surface area contributed by atoms with Gasteiger partial charge in [0, 0.05) is 22.9 Å². The highest BCUT2D eigenvalue weighted by Gasteiger charge is 2.15. The number of amides is 2. The third-order valence-electron chi connectivity index (χ3n) is 4.51. The Labute approximate surface area is 177 Å². The van der Waals surface area contributed by atoms with E-state index in [1.165, 1.54) is 11.3 Å². The van der Waals surface area contributed by atoms with E-state index < -0.39 is 0 Å². The molecule has 2 amide bonds. The van der Waals surface area contributed by atoms with Crippen LogP contribution >= 0.6 is 11.3 Å². The van der Waals surface area contributed by atoms with Gasteiger partial charge in [-0.25, -0.2) is 4.98 Å². The van der Waals surface area contributed by atoms with Crippen LogP contribution in [0.25, 0.3) is 10.2 Å². The maximum atomic E-state index is 12.5. The largest absolute Gasteiger partial charge is 0.494 e. The van der Waals surface area contributed by atoms with Crippen molar-refractivity contribution in [3.8, 4) is 5.75 Å². The molecule has 4 rings (SSSR count). The molecular formula is C23H19N3O3S. The molecule has 0 aliphatic heterocycles. The second kappa shape index (κ2) is 8.34. The predicted octanol–water partition coefficient (Wildman–Crippen LogP) is 5.12. The summed E-state index contributed by atoms with van der Waals surface area (Å²) in [4.78, 5) is 29.4. The smallest absolute Gasteiger partial charge is 0.257 e. The van der Waals surface area contributed by atoms with Gasteiger partial charge in [-0.2, -0.15) is 0 Å². The first-order valence-electron chi connectivity index (χ1n) is 9.26. The lowest BCUT2D eigenvalue weighted by atomic mass is 10.1. The number of nitrogens with zero attached hydrogens (tertiary/aromatic N) is 1. The average molecular weight is 417 g/mol. The first-order chi connectivity index (χ1) is 14.5. The Balaban J connectivity index is 1.59. The summed E-state index contributed by atoms with van der Waals surface area (Å²) >= 11 is 1.31. The summed E-state index contributed by atoms with van der Waals surface area (Å²) in [5, 5.41) is 6.17. The summed E-state index contributed by atoms with van der Waals surface area (Å²) in [7, 11) is 1.54. The van der Waals surface area contributed by atoms with E-state index in [1.54, 1.807) is 49.6 Å². The number of carbonyl (C=O) groups excluding carboxylic acids is 2. The minimum absolute atomic E-state index is 0.210. The van der Waals surface area contributed by atoms with E-state index in [0.717, 1.165) is 10.3 Å². The number of hydrogen-bond acceptors (Lipinski definition) is 5. The van der Waals surface area contributed by atoms with Gasteiger partial charge in [0.05, 0.1) is 11.8 Å². The van der Waals surface area contributed by atoms with Gasteiger partial charge < -0.3 is 10.1 Å². The maximum absolute atomic E-state index is 12.5. The number of aryl methyl sites for hydroxylation is 1. The van der Waals surface area contributed by atoms with E-state index in [0.29, 0.717) is 33.2 Å². The molecule has 7 heteroatoms. The molecule has 1 aromatic heterocycles. The number of methoxy groups -OCH3 is 1. The molecular weight excluding hydrogens is 398 g/mol. The number of fused-ring (bicyclic) bond motifs is 1. The Bertz CT molecular complexity index is 1220. The summed E-state index contributed by atoms with van der Waals surface area (Å²) in [6, 6.07) is 19.8. The zero-order valence-corrected chi connectivity index (χ0v) is 17.2. The normalized spacial score (nSPS) is 10.6. The van der Waals surface area contributed by atoms with Crippen molar-refractivity contribution in [2.45, 2.75) is 6.92 Å². The predicted molar refractivity (Wildman–Crippen MR) is 120 cm³/mol. The number of carbonyl (C=O) groups is 2. The molecule has 0 spiro atoms. The fourth-order valence-corrected chi connectivity index (χ4v) is 3.86. The van der Waals surface area contributed by atoms with Crippen molar-refractivity contribution in [3.63, 3.8) is 0 Å². The number of aromatic nitrogens is 1. The Kier molecular flexibility index (Phi) is 5.45. The quantitative estimate of drug-likeness (QED) is 0.472. The Hall–Kier alpha value is -3.71. The van der Waals surface area contributed by atoms with Gasteiger partial charge in [0.2, 0.25) is 0 Å². The van der Waals surface area contributed by atoms with Crippen LogP contribution in [0.15, 0.2) is 66.7 Å². The first-order valence-corrected chi connectivity index (χ1v) is 10.1. The number of ether oxygens (including phenoxy) is 1. The van der Waals surface area contributed by atoms with Crippen LogP contribution in [0.4, 0.5) is 10.8 Å². The van der Waals surface area contributed by atoms with E-state index in [-0.39, 0.29) is 11.8 Å². The highest BCUT2D eigenvalue weighted by atomic mass is 32.1. The SMILES string of the molecule is COc1cc(NC(=O)c2ccc(C)cc2)cc2sc(NC(=O)c3ccccc3)nc12. The molecule has 0 atom stereocenters. The average Bonchev–Trinajstić information content (AvgIpc) is 3.16. The van der Waals surface area contributed by atoms with Crippen molar-refractivity contribution in [1.82, 2.24) is 4.98 Å². The van der Waals surface area contributed by atoms with Crippen LogP contribution in [0, 0.1) is 6.92 Å². The molecule has 0 bridgehead atoms. The third kappa shape index (κ3) is 4.16. The van der Waals surface area contributed by atoms with Crippen molar-refractivity contribution >= 4 is 44.2 Å². The van der Waals surface area contributed by atoms with Crippen molar-refractivity contribution < 1.29 is 14.3 Å². The zero-order valence-electron chi connectivity index (χ0n) is 16.4. The lowest BCUT2D eigenvalue weighted by Crippen LogP contribution is -2.11. The minimum Gasteiger partial charge on any atom is -0.494 e. The molecule has 0 unspecified atom stereocenters. The second-order valence-corrected chi connectivity index (χ2v) is 7.72. The van der Waals surface area contributed by atoms with Gasteiger partial charge in [0.25, 0.3) is 11.8 Å². The summed E-state index contributed by atoms with van der Waals surface area (Å²) in [6.45, 7) is 1.97. The van der Waals surface area contributed by atoms with Crippen molar-refractivity contribution in [2.24, 2.45) is 0 Å². The number of benzene rings is 3. The van der Waals surface area contributed by atoms with Crippen LogP contribution in [0.3, 0.4) is 0 Å². The highest BCUT2D eigenvalue weighted by Crippen LogP contribution is 2.35. The second-order valence-electron chi connectivity index (χ2n) is 6.68. The van der Waals surface area contributed by atoms with E-state index in [9.17, 15) is 9.59 Å². The van der Waals surface area contributed by atoms with E-state index in [2.05, 4.69) is 15.6 Å². The topological polar surface area (TPSA) is 80.3 Å².